The Labute approximate surface area is 112 Å². The van der Waals surface area contributed by atoms with E-state index >= 15 is 0 Å². The summed E-state index contributed by atoms with van der Waals surface area (Å²) in [5, 5.41) is 8.99. The largest absolute Gasteiger partial charge is 0.492 e. The summed E-state index contributed by atoms with van der Waals surface area (Å²) in [5.74, 6) is 0.859. The predicted octanol–water partition coefficient (Wildman–Crippen LogP) is 4.29. The molecule has 0 unspecified atom stereocenters. The molecule has 0 heterocycles. The van der Waals surface area contributed by atoms with Crippen LogP contribution in [0.25, 0.3) is 0 Å². The van der Waals surface area contributed by atoms with Gasteiger partial charge in [-0.2, -0.15) is 0 Å². The minimum atomic E-state index is 0.0654. The van der Waals surface area contributed by atoms with E-state index in [1.807, 2.05) is 18.2 Å². The van der Waals surface area contributed by atoms with Gasteiger partial charge in [-0.05, 0) is 40.0 Å². The van der Waals surface area contributed by atoms with E-state index in [4.69, 9.17) is 9.84 Å². The van der Waals surface area contributed by atoms with Crippen LogP contribution in [0.1, 0.15) is 44.6 Å². The first-order valence-corrected chi connectivity index (χ1v) is 7.09. The van der Waals surface area contributed by atoms with Crippen LogP contribution in [-0.4, -0.2) is 11.7 Å². The lowest BCUT2D eigenvalue weighted by Gasteiger charge is -2.09. The van der Waals surface area contributed by atoms with Crippen LogP contribution >= 0.6 is 15.9 Å². The van der Waals surface area contributed by atoms with Crippen molar-refractivity contribution in [2.45, 2.75) is 45.6 Å². The van der Waals surface area contributed by atoms with Crippen molar-refractivity contribution < 1.29 is 9.84 Å². The van der Waals surface area contributed by atoms with E-state index in [-0.39, 0.29) is 6.61 Å². The van der Waals surface area contributed by atoms with Crippen LogP contribution in [-0.2, 0) is 6.61 Å². The zero-order chi connectivity index (χ0) is 12.5. The Bertz CT molecular complexity index is 326. The topological polar surface area (TPSA) is 29.5 Å². The van der Waals surface area contributed by atoms with Gasteiger partial charge in [0.25, 0.3) is 0 Å². The average Bonchev–Trinajstić information content (AvgIpc) is 2.35. The standard InChI is InChI=1S/C14H21BrO2/c1-2-3-4-5-6-9-17-14-8-7-12(11-16)10-13(14)15/h7-8,10,16H,2-6,9,11H2,1H3. The normalized spacial score (nSPS) is 10.5. The first-order chi connectivity index (χ1) is 8.27. The Kier molecular flexibility index (Phi) is 7.29. The Hall–Kier alpha value is -0.540. The van der Waals surface area contributed by atoms with Crippen LogP contribution in [0.15, 0.2) is 22.7 Å². The van der Waals surface area contributed by atoms with Crippen molar-refractivity contribution in [3.8, 4) is 5.75 Å². The highest BCUT2D eigenvalue weighted by atomic mass is 79.9. The molecule has 0 aromatic heterocycles. The SMILES string of the molecule is CCCCCCCOc1ccc(CO)cc1Br. The molecule has 0 fully saturated rings. The maximum absolute atomic E-state index is 8.99. The molecule has 0 bridgehead atoms. The highest BCUT2D eigenvalue weighted by Gasteiger charge is 2.02. The third-order valence-electron chi connectivity index (χ3n) is 2.68. The lowest BCUT2D eigenvalue weighted by Crippen LogP contribution is -1.98. The monoisotopic (exact) mass is 300 g/mol. The maximum atomic E-state index is 8.99. The molecule has 96 valence electrons. The minimum absolute atomic E-state index is 0.0654. The van der Waals surface area contributed by atoms with E-state index in [1.54, 1.807) is 0 Å². The molecule has 0 saturated carbocycles. The summed E-state index contributed by atoms with van der Waals surface area (Å²) >= 11 is 3.45. The molecule has 0 atom stereocenters. The van der Waals surface area contributed by atoms with E-state index in [0.717, 1.165) is 28.8 Å². The smallest absolute Gasteiger partial charge is 0.133 e. The van der Waals surface area contributed by atoms with Crippen LogP contribution < -0.4 is 4.74 Å². The first-order valence-electron chi connectivity index (χ1n) is 6.30. The highest BCUT2D eigenvalue weighted by Crippen LogP contribution is 2.26. The van der Waals surface area contributed by atoms with Crippen molar-refractivity contribution in [1.82, 2.24) is 0 Å². The van der Waals surface area contributed by atoms with Gasteiger partial charge < -0.3 is 9.84 Å². The van der Waals surface area contributed by atoms with Gasteiger partial charge in [0.15, 0.2) is 0 Å². The number of benzene rings is 1. The fraction of sp³-hybridized carbons (Fsp3) is 0.571. The second kappa shape index (κ2) is 8.54. The molecule has 1 aromatic carbocycles. The molecule has 0 aliphatic rings. The van der Waals surface area contributed by atoms with Crippen LogP contribution in [0.4, 0.5) is 0 Å². The molecule has 0 amide bonds. The summed E-state index contributed by atoms with van der Waals surface area (Å²) in [7, 11) is 0. The number of aliphatic hydroxyl groups is 1. The molecular weight excluding hydrogens is 280 g/mol. The van der Waals surface area contributed by atoms with Gasteiger partial charge in [-0.15, -0.1) is 0 Å². The molecule has 0 aliphatic heterocycles. The molecular formula is C14H21BrO2. The number of rotatable bonds is 8. The van der Waals surface area contributed by atoms with Crippen molar-refractivity contribution in [2.24, 2.45) is 0 Å². The fourth-order valence-electron chi connectivity index (χ4n) is 1.65. The van der Waals surface area contributed by atoms with Crippen LogP contribution in [0, 0.1) is 0 Å². The quantitative estimate of drug-likeness (QED) is 0.726. The Morgan fingerprint density at radius 3 is 2.59 bits per heavy atom. The Balaban J connectivity index is 2.27. The second-order valence-corrected chi connectivity index (χ2v) is 5.04. The lowest BCUT2D eigenvalue weighted by molar-refractivity contribution is 0.280. The molecule has 1 rings (SSSR count). The van der Waals surface area contributed by atoms with Gasteiger partial charge in [-0.1, -0.05) is 38.7 Å². The molecule has 2 nitrogen and oxygen atoms in total. The van der Waals surface area contributed by atoms with E-state index < -0.39 is 0 Å². The van der Waals surface area contributed by atoms with Gasteiger partial charge >= 0.3 is 0 Å². The van der Waals surface area contributed by atoms with Crippen molar-refractivity contribution in [1.29, 1.82) is 0 Å². The molecule has 1 aromatic rings. The summed E-state index contributed by atoms with van der Waals surface area (Å²) < 4.78 is 6.60. The van der Waals surface area contributed by atoms with E-state index in [2.05, 4.69) is 22.9 Å². The summed E-state index contributed by atoms with van der Waals surface area (Å²) in [6.45, 7) is 3.05. The number of hydrogen-bond acceptors (Lipinski definition) is 2. The van der Waals surface area contributed by atoms with Gasteiger partial charge in [-0.3, -0.25) is 0 Å². The Morgan fingerprint density at radius 2 is 1.94 bits per heavy atom. The van der Waals surface area contributed by atoms with Gasteiger partial charge in [0, 0.05) is 0 Å². The molecule has 0 aliphatic carbocycles. The summed E-state index contributed by atoms with van der Waals surface area (Å²) in [5.41, 5.74) is 0.896. The third-order valence-corrected chi connectivity index (χ3v) is 3.30. The van der Waals surface area contributed by atoms with Crippen LogP contribution in [0.2, 0.25) is 0 Å². The first kappa shape index (κ1) is 14.5. The summed E-state index contributed by atoms with van der Waals surface area (Å²) in [6.07, 6.45) is 6.22. The number of aliphatic hydroxyl groups excluding tert-OH is 1. The van der Waals surface area contributed by atoms with Crippen molar-refractivity contribution >= 4 is 15.9 Å². The zero-order valence-corrected chi connectivity index (χ0v) is 12.0. The number of ether oxygens (including phenoxy) is 1. The number of halogens is 1. The molecule has 1 N–H and O–H groups in total. The van der Waals surface area contributed by atoms with Gasteiger partial charge in [0.2, 0.25) is 0 Å². The van der Waals surface area contributed by atoms with Crippen molar-refractivity contribution in [3.63, 3.8) is 0 Å². The average molecular weight is 301 g/mol. The van der Waals surface area contributed by atoms with E-state index in [1.165, 1.54) is 25.7 Å². The fourth-order valence-corrected chi connectivity index (χ4v) is 2.19. The molecule has 0 radical (unpaired) electrons. The second-order valence-electron chi connectivity index (χ2n) is 4.19. The summed E-state index contributed by atoms with van der Waals surface area (Å²) in [6, 6.07) is 5.69. The van der Waals surface area contributed by atoms with Crippen LogP contribution in [0.3, 0.4) is 0 Å². The van der Waals surface area contributed by atoms with Crippen molar-refractivity contribution in [2.75, 3.05) is 6.61 Å². The van der Waals surface area contributed by atoms with Gasteiger partial charge in [0.05, 0.1) is 17.7 Å². The molecule has 3 heteroatoms. The van der Waals surface area contributed by atoms with Gasteiger partial charge in [0.1, 0.15) is 5.75 Å². The van der Waals surface area contributed by atoms with E-state index in [0.29, 0.717) is 0 Å². The Morgan fingerprint density at radius 1 is 1.18 bits per heavy atom. The highest BCUT2D eigenvalue weighted by molar-refractivity contribution is 9.10. The number of hydrogen-bond donors (Lipinski definition) is 1. The molecule has 0 spiro atoms. The van der Waals surface area contributed by atoms with Gasteiger partial charge in [-0.25, -0.2) is 0 Å². The lowest BCUT2D eigenvalue weighted by atomic mass is 10.2. The maximum Gasteiger partial charge on any atom is 0.133 e. The third kappa shape index (κ3) is 5.55. The minimum Gasteiger partial charge on any atom is -0.492 e. The molecule has 17 heavy (non-hydrogen) atoms. The summed E-state index contributed by atoms with van der Waals surface area (Å²) in [4.78, 5) is 0. The molecule has 0 saturated heterocycles. The zero-order valence-electron chi connectivity index (χ0n) is 10.4. The van der Waals surface area contributed by atoms with Crippen LogP contribution in [0.5, 0.6) is 5.75 Å². The number of unbranched alkanes of at least 4 members (excludes halogenated alkanes) is 4. The van der Waals surface area contributed by atoms with Crippen molar-refractivity contribution in [3.05, 3.63) is 28.2 Å². The predicted molar refractivity (Wildman–Crippen MR) is 74.3 cm³/mol. The van der Waals surface area contributed by atoms with E-state index in [9.17, 15) is 0 Å².